The molecule has 5 heteroatoms. The summed E-state index contributed by atoms with van der Waals surface area (Å²) in [6.07, 6.45) is 1.82. The van der Waals surface area contributed by atoms with Crippen LogP contribution in [-0.2, 0) is 6.42 Å². The van der Waals surface area contributed by atoms with Crippen LogP contribution in [-0.4, -0.2) is 28.1 Å². The van der Waals surface area contributed by atoms with Crippen LogP contribution in [0.1, 0.15) is 72.6 Å². The van der Waals surface area contributed by atoms with E-state index in [1.807, 2.05) is 12.1 Å². The van der Waals surface area contributed by atoms with Crippen LogP contribution in [0.25, 0.3) is 5.57 Å². The van der Waals surface area contributed by atoms with Gasteiger partial charge in [0.1, 0.15) is 0 Å². The minimum atomic E-state index is -0.929. The quantitative estimate of drug-likeness (QED) is 0.245. The van der Waals surface area contributed by atoms with E-state index >= 15 is 0 Å². The number of aromatic carboxylic acids is 1. The number of hydrogen-bond acceptors (Lipinski definition) is 2. The number of rotatable bonds is 8. The molecule has 0 aliphatic carbocycles. The second-order valence-electron chi connectivity index (χ2n) is 10.7. The van der Waals surface area contributed by atoms with Crippen LogP contribution >= 0.6 is 0 Å². The summed E-state index contributed by atoms with van der Waals surface area (Å²) in [5.41, 5.74) is 14.1. The summed E-state index contributed by atoms with van der Waals surface area (Å²) in [6, 6.07) is 28.6. The number of aromatic nitrogens is 1. The van der Waals surface area contributed by atoms with Crippen molar-refractivity contribution < 1.29 is 9.90 Å². The first kappa shape index (κ1) is 28.2. The van der Waals surface area contributed by atoms with Crippen molar-refractivity contribution in [3.63, 3.8) is 0 Å². The minimum Gasteiger partial charge on any atom is -0.478 e. The predicted octanol–water partition coefficient (Wildman–Crippen LogP) is 6.98. The van der Waals surface area contributed by atoms with E-state index in [2.05, 4.69) is 107 Å². The van der Waals surface area contributed by atoms with E-state index in [1.165, 1.54) is 38.9 Å². The number of aliphatic imine (C=N–C) groups is 1. The molecule has 1 aliphatic rings. The van der Waals surface area contributed by atoms with Crippen molar-refractivity contribution in [2.75, 3.05) is 0 Å². The van der Waals surface area contributed by atoms with Crippen molar-refractivity contribution in [1.82, 2.24) is 4.48 Å². The molecule has 0 saturated carbocycles. The van der Waals surface area contributed by atoms with Crippen molar-refractivity contribution in [3.05, 3.63) is 135 Å². The molecule has 5 rings (SSSR count). The highest BCUT2D eigenvalue weighted by atomic mass is 16.4. The molecular formula is C36H37BN2O2. The molecule has 1 N–H and O–H groups in total. The van der Waals surface area contributed by atoms with E-state index in [0.29, 0.717) is 0 Å². The predicted molar refractivity (Wildman–Crippen MR) is 172 cm³/mol. The van der Waals surface area contributed by atoms with Crippen LogP contribution in [0.15, 0.2) is 107 Å². The first-order valence-corrected chi connectivity index (χ1v) is 14.4. The van der Waals surface area contributed by atoms with Gasteiger partial charge in [-0.1, -0.05) is 97.6 Å². The molecule has 4 nitrogen and oxygen atoms in total. The summed E-state index contributed by atoms with van der Waals surface area (Å²) in [4.78, 5) is 16.9. The lowest BCUT2D eigenvalue weighted by Crippen LogP contribution is -2.49. The maximum atomic E-state index is 11.7. The molecular weight excluding hydrogens is 503 g/mol. The Morgan fingerprint density at radius 1 is 0.780 bits per heavy atom. The number of benzene rings is 3. The zero-order chi connectivity index (χ0) is 29.3. The van der Waals surface area contributed by atoms with Crippen LogP contribution in [0.2, 0.25) is 0 Å². The Kier molecular flexibility index (Phi) is 7.98. The number of carboxylic acids is 1. The number of allylic oxidation sites excluding steroid dienone is 2. The van der Waals surface area contributed by atoms with Gasteiger partial charge in [0.15, 0.2) is 0 Å². The highest BCUT2D eigenvalue weighted by molar-refractivity contribution is 6.84. The Labute approximate surface area is 243 Å². The molecule has 1 aromatic heterocycles. The zero-order valence-corrected chi connectivity index (χ0v) is 24.8. The minimum absolute atomic E-state index is 0.0540. The average molecular weight is 541 g/mol. The largest absolute Gasteiger partial charge is 0.478 e. The molecule has 0 fully saturated rings. The van der Waals surface area contributed by atoms with Crippen molar-refractivity contribution >= 4 is 35.0 Å². The second-order valence-corrected chi connectivity index (χ2v) is 10.7. The van der Waals surface area contributed by atoms with Crippen molar-refractivity contribution in [1.29, 1.82) is 0 Å². The van der Waals surface area contributed by atoms with Crippen LogP contribution in [0.3, 0.4) is 0 Å². The Morgan fingerprint density at radius 2 is 1.32 bits per heavy atom. The average Bonchev–Trinajstić information content (AvgIpc) is 3.40. The second kappa shape index (κ2) is 11.6. The zero-order valence-electron chi connectivity index (χ0n) is 24.8. The molecule has 0 saturated heterocycles. The van der Waals surface area contributed by atoms with Crippen molar-refractivity contribution in [2.45, 2.75) is 54.4 Å². The number of nitrogens with zero attached hydrogens (tertiary/aromatic N) is 2. The van der Waals surface area contributed by atoms with Gasteiger partial charge >= 0.3 is 12.8 Å². The summed E-state index contributed by atoms with van der Waals surface area (Å²) in [5.74, 6) is -0.929. The van der Waals surface area contributed by atoms with E-state index < -0.39 is 5.97 Å². The molecule has 4 aromatic rings. The smallest absolute Gasteiger partial charge is 0.335 e. The molecule has 0 radical (unpaired) electrons. The molecule has 0 unspecified atom stereocenters. The summed E-state index contributed by atoms with van der Waals surface area (Å²) in [7, 11) is 0. The van der Waals surface area contributed by atoms with Gasteiger partial charge in [-0.15, -0.1) is 0 Å². The third-order valence-corrected chi connectivity index (χ3v) is 8.46. The van der Waals surface area contributed by atoms with E-state index in [-0.39, 0.29) is 12.4 Å². The van der Waals surface area contributed by atoms with Gasteiger partial charge in [-0.3, -0.25) is 4.99 Å². The number of hydrogen-bond donors (Lipinski definition) is 1. The molecule has 1 aliphatic heterocycles. The highest BCUT2D eigenvalue weighted by Gasteiger charge is 2.33. The Hall–Kier alpha value is -4.38. The lowest BCUT2D eigenvalue weighted by atomic mass is 9.50. The maximum Gasteiger partial charge on any atom is 0.335 e. The fraction of sp³-hybridized carbons (Fsp3) is 0.222. The van der Waals surface area contributed by atoms with Crippen LogP contribution in [0.5, 0.6) is 0 Å². The topological polar surface area (TPSA) is 54.6 Å². The van der Waals surface area contributed by atoms with Gasteiger partial charge in [0.25, 0.3) is 0 Å². The SMILES string of the molecule is CCC1=C(C)/C(=C(\c2ccc(C(=O)O)cc2)c2c(C)c(CC)c(C)n2B(c2ccccc2)c2ccccc2)N=C1C. The monoisotopic (exact) mass is 540 g/mol. The third kappa shape index (κ3) is 5.01. The number of carbonyl (C=O) groups is 1. The molecule has 0 spiro atoms. The Morgan fingerprint density at radius 3 is 1.78 bits per heavy atom. The van der Waals surface area contributed by atoms with Gasteiger partial charge in [0, 0.05) is 22.7 Å². The fourth-order valence-corrected chi connectivity index (χ4v) is 6.48. The van der Waals surface area contributed by atoms with Crippen LogP contribution in [0, 0.1) is 13.8 Å². The van der Waals surface area contributed by atoms with E-state index in [9.17, 15) is 9.90 Å². The summed E-state index contributed by atoms with van der Waals surface area (Å²) >= 11 is 0. The highest BCUT2D eigenvalue weighted by Crippen LogP contribution is 2.40. The van der Waals surface area contributed by atoms with E-state index in [0.717, 1.165) is 41.1 Å². The first-order chi connectivity index (χ1) is 19.8. The molecule has 206 valence electrons. The van der Waals surface area contributed by atoms with Gasteiger partial charge in [-0.05, 0) is 80.5 Å². The standard InChI is InChI=1S/C36H37BN2O2/c1-7-31-23(3)34(38-25(31)5)33(27-19-21-28(22-20-27)36(40)41)35-24(4)32(8-2)26(6)39(35)37(29-15-11-9-12-16-29)30-17-13-10-14-18-30/h9-22H,7-8H2,1-6H3,(H,40,41)/b34-33-. The van der Waals surface area contributed by atoms with Gasteiger partial charge in [-0.2, -0.15) is 0 Å². The lowest BCUT2D eigenvalue weighted by molar-refractivity contribution is 0.0697. The van der Waals surface area contributed by atoms with Gasteiger partial charge in [0.2, 0.25) is 0 Å². The Balaban J connectivity index is 1.92. The third-order valence-electron chi connectivity index (χ3n) is 8.46. The van der Waals surface area contributed by atoms with Crippen LogP contribution < -0.4 is 10.9 Å². The molecule has 3 aromatic carbocycles. The Bertz CT molecular complexity index is 1650. The summed E-state index contributed by atoms with van der Waals surface area (Å²) < 4.78 is 2.49. The molecule has 0 amide bonds. The van der Waals surface area contributed by atoms with Crippen molar-refractivity contribution in [2.24, 2.45) is 4.99 Å². The maximum absolute atomic E-state index is 11.7. The van der Waals surface area contributed by atoms with Gasteiger partial charge in [-0.25, -0.2) is 4.79 Å². The summed E-state index contributed by atoms with van der Waals surface area (Å²) in [5, 5.41) is 9.63. The van der Waals surface area contributed by atoms with Crippen molar-refractivity contribution in [3.8, 4) is 0 Å². The molecule has 0 bridgehead atoms. The van der Waals surface area contributed by atoms with Gasteiger partial charge < -0.3 is 9.58 Å². The van der Waals surface area contributed by atoms with E-state index in [1.54, 1.807) is 12.1 Å². The molecule has 2 heterocycles. The van der Waals surface area contributed by atoms with Crippen LogP contribution in [0.4, 0.5) is 0 Å². The number of carboxylic acid groups (broad SMARTS) is 1. The molecule has 41 heavy (non-hydrogen) atoms. The van der Waals surface area contributed by atoms with Gasteiger partial charge in [0.05, 0.1) is 11.3 Å². The normalized spacial score (nSPS) is 14.3. The first-order valence-electron chi connectivity index (χ1n) is 14.4. The molecule has 0 atom stereocenters. The van der Waals surface area contributed by atoms with E-state index in [4.69, 9.17) is 4.99 Å². The fourth-order valence-electron chi connectivity index (χ4n) is 6.48. The lowest BCUT2D eigenvalue weighted by Gasteiger charge is -2.24. The summed E-state index contributed by atoms with van der Waals surface area (Å²) in [6.45, 7) is 13.1.